The molecule has 0 aliphatic heterocycles. The van der Waals surface area contributed by atoms with E-state index in [0.717, 1.165) is 0 Å². The van der Waals surface area contributed by atoms with Crippen molar-refractivity contribution in [1.29, 1.82) is 0 Å². The molecule has 0 unspecified atom stereocenters. The molecule has 0 heterocycles. The average Bonchev–Trinajstić information content (AvgIpc) is 1.88. The van der Waals surface area contributed by atoms with Gasteiger partial charge < -0.3 is 24.1 Å². The van der Waals surface area contributed by atoms with E-state index in [1.807, 2.05) is 0 Å². The van der Waals surface area contributed by atoms with Crippen LogP contribution in [0.1, 0.15) is 4.28 Å². The monoisotopic (exact) mass is 258 g/mol. The molecule has 0 saturated heterocycles. The molecule has 0 aliphatic carbocycles. The summed E-state index contributed by atoms with van der Waals surface area (Å²) in [5.74, 6) is 0. The second kappa shape index (κ2) is 14.2. The molecule has 13 heavy (non-hydrogen) atoms. The van der Waals surface area contributed by atoms with Crippen LogP contribution < -0.4 is 29.6 Å². The second-order valence-corrected chi connectivity index (χ2v) is 2.15. The van der Waals surface area contributed by atoms with Gasteiger partial charge in [-0.3, -0.25) is 5.26 Å². The van der Waals surface area contributed by atoms with Gasteiger partial charge in [-0.25, -0.2) is 14.6 Å². The molecule has 0 fully saturated rings. The maximum atomic E-state index is 9.22. The van der Waals surface area contributed by atoms with E-state index >= 15 is 0 Å². The van der Waals surface area contributed by atoms with E-state index in [1.165, 1.54) is 0 Å². The van der Waals surface area contributed by atoms with Crippen LogP contribution in [-0.4, -0.2) is 75.4 Å². The molecule has 74 valence electrons. The Labute approximate surface area is 130 Å². The molecule has 0 saturated carbocycles. The molecule has 13 heteroatoms. The molecule has 0 aromatic carbocycles. The van der Waals surface area contributed by atoms with Crippen LogP contribution in [0.3, 0.4) is 0 Å². The minimum Gasteiger partial charge on any atom is -1.00 e. The first-order chi connectivity index (χ1) is 4.83. The number of phosphoric acid groups is 1. The van der Waals surface area contributed by atoms with Gasteiger partial charge in [-0.05, 0) is 0 Å². The number of rotatable bonds is 2. The Bertz CT molecular complexity index is 134. The Morgan fingerprint density at radius 2 is 1.38 bits per heavy atom. The van der Waals surface area contributed by atoms with E-state index < -0.39 is 15.1 Å². The van der Waals surface area contributed by atoms with Gasteiger partial charge in [0, 0.05) is 0 Å². The van der Waals surface area contributed by atoms with Gasteiger partial charge in [0.25, 0.3) is 0 Å². The minimum atomic E-state index is -4.59. The number of hydrogen-bond donors (Lipinski definition) is 6. The third-order valence-electron chi connectivity index (χ3n) is 0.201. The van der Waals surface area contributed by atoms with Crippen molar-refractivity contribution in [2.45, 2.75) is 0 Å². The summed E-state index contributed by atoms with van der Waals surface area (Å²) >= 11 is 0. The largest absolute Gasteiger partial charge is 2.00 e. The number of hydrogen-bond acceptors (Lipinski definition) is 7. The van der Waals surface area contributed by atoms with Gasteiger partial charge in [-0.1, -0.05) is 0 Å². The van der Waals surface area contributed by atoms with Gasteiger partial charge in [0.2, 0.25) is 0 Å². The van der Waals surface area contributed by atoms with Gasteiger partial charge in [0.1, 0.15) is 0 Å². The average molecular weight is 258 g/mol. The summed E-state index contributed by atoms with van der Waals surface area (Å²) in [6.07, 6.45) is 0. The van der Waals surface area contributed by atoms with Crippen LogP contribution in [0.25, 0.3) is 0 Å². The predicted molar refractivity (Wildman–Crippen MR) is 38.8 cm³/mol. The van der Waals surface area contributed by atoms with Gasteiger partial charge >= 0.3 is 82.4 Å². The third kappa shape index (κ3) is 40.7. The smallest absolute Gasteiger partial charge is 1.00 e. The molecular weight excluding hydrogens is 249 g/mol. The SMILES string of the molecule is O=P(O)(O)OO.OOB(O)O.[Ca+2].[H-].[H-].[H-].[Na+]. The van der Waals surface area contributed by atoms with Crippen LogP contribution in [0.5, 0.6) is 0 Å². The zero-order valence-corrected chi connectivity index (χ0v) is 11.7. The normalized spacial score (nSPS) is 8.46. The van der Waals surface area contributed by atoms with E-state index in [0.29, 0.717) is 0 Å². The summed E-state index contributed by atoms with van der Waals surface area (Å²) in [6, 6.07) is 0. The Morgan fingerprint density at radius 1 is 1.23 bits per heavy atom. The maximum absolute atomic E-state index is 9.22. The second-order valence-electron chi connectivity index (χ2n) is 1.00. The zero-order valence-electron chi connectivity index (χ0n) is 9.64. The van der Waals surface area contributed by atoms with Gasteiger partial charge in [0.15, 0.2) is 0 Å². The summed E-state index contributed by atoms with van der Waals surface area (Å²) in [7, 11) is -6.65. The van der Waals surface area contributed by atoms with Crippen molar-refractivity contribution in [3.8, 4) is 0 Å². The van der Waals surface area contributed by atoms with E-state index in [4.69, 9.17) is 30.3 Å². The summed E-state index contributed by atoms with van der Waals surface area (Å²) in [5.41, 5.74) is 0. The molecule has 0 spiro atoms. The van der Waals surface area contributed by atoms with E-state index in [2.05, 4.69) is 9.48 Å². The Kier molecular flexibility index (Phi) is 26.8. The topological polar surface area (TPSA) is 157 Å². The van der Waals surface area contributed by atoms with Crippen LogP contribution in [0.4, 0.5) is 0 Å². The van der Waals surface area contributed by atoms with E-state index in [1.54, 1.807) is 0 Å². The first-order valence-electron chi connectivity index (χ1n) is 1.88. The third-order valence-corrected chi connectivity index (χ3v) is 0.413. The fraction of sp³-hybridized carbons (Fsp3) is 0. The van der Waals surface area contributed by atoms with Gasteiger partial charge in [-0.15, -0.1) is 4.67 Å². The molecule has 0 aliphatic rings. The van der Waals surface area contributed by atoms with Crippen LogP contribution in [-0.2, 0) is 14.0 Å². The standard InChI is InChI=1S/BH3O4.Ca.Na.H3O5P.3H/c2-1(3)5-4;;;1-5-6(2,3)4;;;/h2-4H;;;1H,(H2,2,3,4);;;/q;+2;+1;;3*-1. The molecule has 0 amide bonds. The first kappa shape index (κ1) is 24.5. The van der Waals surface area contributed by atoms with Crippen molar-refractivity contribution in [1.82, 2.24) is 0 Å². The van der Waals surface area contributed by atoms with Crippen molar-refractivity contribution in [2.24, 2.45) is 0 Å². The maximum Gasteiger partial charge on any atom is 2.00 e. The molecule has 0 radical (unpaired) electrons. The zero-order chi connectivity index (χ0) is 9.49. The van der Waals surface area contributed by atoms with Crippen LogP contribution >= 0.6 is 7.82 Å². The summed E-state index contributed by atoms with van der Waals surface area (Å²) in [6.45, 7) is 0. The molecule has 0 aromatic heterocycles. The first-order valence-corrected chi connectivity index (χ1v) is 3.41. The minimum absolute atomic E-state index is 0. The van der Waals surface area contributed by atoms with Crippen molar-refractivity contribution in [3.63, 3.8) is 0 Å². The van der Waals surface area contributed by atoms with Gasteiger partial charge in [0.05, 0.1) is 0 Å². The van der Waals surface area contributed by atoms with Gasteiger partial charge in [-0.2, -0.15) is 0 Å². The molecule has 0 bridgehead atoms. The van der Waals surface area contributed by atoms with Crippen molar-refractivity contribution in [3.05, 3.63) is 0 Å². The molecule has 0 rings (SSSR count). The van der Waals surface area contributed by atoms with E-state index in [9.17, 15) is 4.57 Å². The van der Waals surface area contributed by atoms with Crippen LogP contribution in [0, 0.1) is 0 Å². The molecule has 0 aromatic rings. The molecular formula is H9BCaNaO9P. The Hall–Kier alpha value is 2.23. The molecule has 0 atom stereocenters. The Morgan fingerprint density at radius 3 is 1.38 bits per heavy atom. The quantitative estimate of drug-likeness (QED) is 0.123. The van der Waals surface area contributed by atoms with E-state index in [-0.39, 0.29) is 71.6 Å². The summed E-state index contributed by atoms with van der Waals surface area (Å²) in [5, 5.41) is 29.2. The fourth-order valence-electron chi connectivity index (χ4n) is 0. The molecule has 9 nitrogen and oxygen atoms in total. The van der Waals surface area contributed by atoms with Crippen molar-refractivity contribution < 1.29 is 78.2 Å². The summed E-state index contributed by atoms with van der Waals surface area (Å²) in [4.78, 5) is 17.8. The Balaban J connectivity index is -0.0000000155. The van der Waals surface area contributed by atoms with Crippen molar-refractivity contribution >= 4 is 52.9 Å². The fourth-order valence-corrected chi connectivity index (χ4v) is 0. The summed E-state index contributed by atoms with van der Waals surface area (Å²) < 4.78 is 11.8. The van der Waals surface area contributed by atoms with Crippen LogP contribution in [0.2, 0.25) is 0 Å². The van der Waals surface area contributed by atoms with Crippen molar-refractivity contribution in [2.75, 3.05) is 0 Å². The van der Waals surface area contributed by atoms with Crippen LogP contribution in [0.15, 0.2) is 0 Å². The predicted octanol–water partition coefficient (Wildman–Crippen LogP) is -5.03. The molecule has 6 N–H and O–H groups in total.